The molecular weight excluding hydrogens is 264 g/mol. The van der Waals surface area contributed by atoms with Crippen LogP contribution < -0.4 is 4.90 Å². The van der Waals surface area contributed by atoms with Crippen molar-refractivity contribution in [3.05, 3.63) is 70.4 Å². The van der Waals surface area contributed by atoms with Crippen LogP contribution in [0.1, 0.15) is 16.7 Å². The average molecular weight is 278 g/mol. The molecule has 2 aromatic rings. The topological polar surface area (TPSA) is 46.4 Å². The quantitative estimate of drug-likeness (QED) is 0.591. The Morgan fingerprint density at radius 2 is 1.86 bits per heavy atom. The van der Waals surface area contributed by atoms with E-state index in [-0.39, 0.29) is 12.5 Å². The summed E-state index contributed by atoms with van der Waals surface area (Å²) in [5.74, 6) is -0.123. The molecule has 2 heterocycles. The Hall–Kier alpha value is -2.62. The maximum Gasteiger partial charge on any atom is 0.293 e. The fourth-order valence-corrected chi connectivity index (χ4v) is 3.21. The number of carbonyl (C=O) groups is 1. The molecule has 0 bridgehead atoms. The van der Waals surface area contributed by atoms with E-state index >= 15 is 0 Å². The molecule has 4 heteroatoms. The van der Waals surface area contributed by atoms with Crippen molar-refractivity contribution >= 4 is 17.3 Å². The zero-order valence-corrected chi connectivity index (χ0v) is 11.5. The molecule has 0 saturated carbocycles. The van der Waals surface area contributed by atoms with E-state index in [9.17, 15) is 10.0 Å². The van der Waals surface area contributed by atoms with Gasteiger partial charge in [-0.3, -0.25) is 4.79 Å². The predicted octanol–water partition coefficient (Wildman–Crippen LogP) is 1.94. The first-order valence-electron chi connectivity index (χ1n) is 7.05. The molecule has 0 spiro atoms. The fraction of sp³-hybridized carbons (Fsp3) is 0.176. The van der Waals surface area contributed by atoms with Gasteiger partial charge in [-0.15, -0.1) is 0 Å². The van der Waals surface area contributed by atoms with Crippen LogP contribution in [-0.2, 0) is 11.2 Å². The number of anilines is 1. The number of rotatable bonds is 1. The van der Waals surface area contributed by atoms with Gasteiger partial charge in [0.05, 0.1) is 11.3 Å². The maximum atomic E-state index is 12.5. The van der Waals surface area contributed by atoms with Gasteiger partial charge in [0.2, 0.25) is 12.3 Å². The van der Waals surface area contributed by atoms with Crippen LogP contribution in [0.25, 0.3) is 0 Å². The second-order valence-electron chi connectivity index (χ2n) is 5.36. The number of hydroxylamine groups is 1. The Labute approximate surface area is 122 Å². The van der Waals surface area contributed by atoms with Crippen LogP contribution in [0, 0.1) is 5.21 Å². The maximum absolute atomic E-state index is 12.5. The molecule has 2 aliphatic heterocycles. The molecule has 1 amide bonds. The molecule has 2 aromatic carbocycles. The van der Waals surface area contributed by atoms with Gasteiger partial charge in [-0.2, -0.15) is 4.74 Å². The van der Waals surface area contributed by atoms with E-state index in [4.69, 9.17) is 0 Å². The van der Waals surface area contributed by atoms with Crippen LogP contribution in [0.15, 0.2) is 48.5 Å². The third-order valence-electron chi connectivity index (χ3n) is 4.13. The number of benzene rings is 2. The lowest BCUT2D eigenvalue weighted by atomic mass is 9.98. The second kappa shape index (κ2) is 4.45. The molecule has 0 aromatic heterocycles. The van der Waals surface area contributed by atoms with Crippen LogP contribution in [0.2, 0.25) is 0 Å². The molecule has 104 valence electrons. The minimum absolute atomic E-state index is 0.123. The molecule has 0 unspecified atom stereocenters. The van der Waals surface area contributed by atoms with Crippen molar-refractivity contribution in [2.75, 3.05) is 18.0 Å². The van der Waals surface area contributed by atoms with E-state index < -0.39 is 0 Å². The zero-order valence-electron chi connectivity index (χ0n) is 11.5. The van der Waals surface area contributed by atoms with E-state index in [1.165, 1.54) is 0 Å². The summed E-state index contributed by atoms with van der Waals surface area (Å²) in [4.78, 5) is 14.1. The summed E-state index contributed by atoms with van der Waals surface area (Å²) in [6.07, 6.45) is 0.857. The van der Waals surface area contributed by atoms with Gasteiger partial charge in [-0.25, -0.2) is 0 Å². The van der Waals surface area contributed by atoms with E-state index in [0.717, 1.165) is 33.5 Å². The summed E-state index contributed by atoms with van der Waals surface area (Å²) in [7, 11) is 0. The largest absolute Gasteiger partial charge is 0.623 e. The normalized spacial score (nSPS) is 17.0. The van der Waals surface area contributed by atoms with Crippen molar-refractivity contribution in [2.45, 2.75) is 6.42 Å². The Kier molecular flexibility index (Phi) is 2.57. The molecular formula is C17H14N2O2. The Bertz CT molecular complexity index is 766. The van der Waals surface area contributed by atoms with Gasteiger partial charge in [-0.05, 0) is 30.2 Å². The molecule has 0 fully saturated rings. The SMILES string of the molecule is O=C1C[N+]([O-])=C(c2ccccc2)c2cccc3c2N1CC3. The van der Waals surface area contributed by atoms with Crippen LogP contribution in [0.5, 0.6) is 0 Å². The highest BCUT2D eigenvalue weighted by atomic mass is 16.5. The fourth-order valence-electron chi connectivity index (χ4n) is 3.21. The summed E-state index contributed by atoms with van der Waals surface area (Å²) in [5.41, 5.74) is 4.36. The van der Waals surface area contributed by atoms with Gasteiger partial charge in [0.15, 0.2) is 0 Å². The first-order chi connectivity index (χ1) is 10.3. The molecule has 21 heavy (non-hydrogen) atoms. The van der Waals surface area contributed by atoms with Gasteiger partial charge in [0, 0.05) is 12.1 Å². The first-order valence-corrected chi connectivity index (χ1v) is 7.05. The molecule has 2 aliphatic rings. The molecule has 0 radical (unpaired) electrons. The van der Waals surface area contributed by atoms with Crippen LogP contribution >= 0.6 is 0 Å². The monoisotopic (exact) mass is 278 g/mol. The number of para-hydroxylation sites is 1. The van der Waals surface area contributed by atoms with Crippen LogP contribution in [0.3, 0.4) is 0 Å². The lowest BCUT2D eigenvalue weighted by Crippen LogP contribution is -2.33. The number of nitrogens with zero attached hydrogens (tertiary/aromatic N) is 2. The van der Waals surface area contributed by atoms with Crippen molar-refractivity contribution in [3.8, 4) is 0 Å². The van der Waals surface area contributed by atoms with Gasteiger partial charge in [0.25, 0.3) is 5.91 Å². The van der Waals surface area contributed by atoms with E-state index in [1.807, 2.05) is 48.5 Å². The minimum atomic E-state index is -0.127. The molecule has 0 saturated heterocycles. The molecule has 0 aliphatic carbocycles. The number of hydrogen-bond acceptors (Lipinski definition) is 2. The minimum Gasteiger partial charge on any atom is -0.623 e. The molecule has 4 nitrogen and oxygen atoms in total. The first kappa shape index (κ1) is 12.1. The van der Waals surface area contributed by atoms with E-state index in [2.05, 4.69) is 0 Å². The van der Waals surface area contributed by atoms with E-state index in [0.29, 0.717) is 12.3 Å². The summed E-state index contributed by atoms with van der Waals surface area (Å²) in [5, 5.41) is 12.5. The summed E-state index contributed by atoms with van der Waals surface area (Å²) < 4.78 is 0.825. The Morgan fingerprint density at radius 3 is 2.67 bits per heavy atom. The Morgan fingerprint density at radius 1 is 1.05 bits per heavy atom. The standard InChI is InChI=1S/C17H14N2O2/c20-15-11-19(21)17(12-5-2-1-3-6-12)14-8-4-7-13-9-10-18(15)16(13)14/h1-8H,9-11H2. The summed E-state index contributed by atoms with van der Waals surface area (Å²) >= 11 is 0. The van der Waals surface area contributed by atoms with Gasteiger partial charge < -0.3 is 10.1 Å². The van der Waals surface area contributed by atoms with Crippen molar-refractivity contribution in [1.82, 2.24) is 0 Å². The summed E-state index contributed by atoms with van der Waals surface area (Å²) in [6, 6.07) is 15.5. The number of hydrogen-bond donors (Lipinski definition) is 0. The van der Waals surface area contributed by atoms with E-state index in [1.54, 1.807) is 4.90 Å². The average Bonchev–Trinajstić information content (AvgIpc) is 2.89. The van der Waals surface area contributed by atoms with Gasteiger partial charge >= 0.3 is 0 Å². The molecule has 0 atom stereocenters. The molecule has 4 rings (SSSR count). The van der Waals surface area contributed by atoms with Crippen molar-refractivity contribution in [1.29, 1.82) is 0 Å². The lowest BCUT2D eigenvalue weighted by molar-refractivity contribution is -0.443. The highest BCUT2D eigenvalue weighted by Gasteiger charge is 2.35. The summed E-state index contributed by atoms with van der Waals surface area (Å²) in [6.45, 7) is 0.541. The lowest BCUT2D eigenvalue weighted by Gasteiger charge is -2.15. The van der Waals surface area contributed by atoms with Gasteiger partial charge in [0.1, 0.15) is 0 Å². The molecule has 0 N–H and O–H groups in total. The van der Waals surface area contributed by atoms with Crippen molar-refractivity contribution in [3.63, 3.8) is 0 Å². The van der Waals surface area contributed by atoms with Crippen LogP contribution in [-0.4, -0.2) is 29.4 Å². The number of amides is 1. The third kappa shape index (κ3) is 1.76. The highest BCUT2D eigenvalue weighted by molar-refractivity contribution is 6.17. The Balaban J connectivity index is 2.02. The predicted molar refractivity (Wildman–Crippen MR) is 80.6 cm³/mol. The smallest absolute Gasteiger partial charge is 0.293 e. The number of carbonyl (C=O) groups excluding carboxylic acids is 1. The van der Waals surface area contributed by atoms with Crippen molar-refractivity contribution < 1.29 is 9.53 Å². The third-order valence-corrected chi connectivity index (χ3v) is 4.13. The van der Waals surface area contributed by atoms with Gasteiger partial charge in [-0.1, -0.05) is 30.3 Å². The zero-order chi connectivity index (χ0) is 14.4. The highest BCUT2D eigenvalue weighted by Crippen LogP contribution is 2.34. The van der Waals surface area contributed by atoms with Crippen molar-refractivity contribution in [2.24, 2.45) is 0 Å². The second-order valence-corrected chi connectivity index (χ2v) is 5.36. The van der Waals surface area contributed by atoms with Crippen LogP contribution in [0.4, 0.5) is 5.69 Å².